The smallest absolute Gasteiger partial charge is 0.0931 e. The van der Waals surface area contributed by atoms with Gasteiger partial charge in [0.2, 0.25) is 0 Å². The Balaban J connectivity index is 1.92. The summed E-state index contributed by atoms with van der Waals surface area (Å²) in [6.07, 6.45) is 1.15. The molecule has 0 bridgehead atoms. The van der Waals surface area contributed by atoms with Gasteiger partial charge in [0.25, 0.3) is 0 Å². The van der Waals surface area contributed by atoms with Crippen LogP contribution >= 0.6 is 34.3 Å². The minimum atomic E-state index is 0.270. The van der Waals surface area contributed by atoms with Crippen molar-refractivity contribution in [1.29, 1.82) is 0 Å². The van der Waals surface area contributed by atoms with E-state index in [1.165, 1.54) is 9.75 Å². The summed E-state index contributed by atoms with van der Waals surface area (Å²) >= 11 is 9.55. The molecule has 1 unspecified atom stereocenters. The van der Waals surface area contributed by atoms with Crippen molar-refractivity contribution in [2.24, 2.45) is 0 Å². The van der Waals surface area contributed by atoms with Crippen molar-refractivity contribution < 1.29 is 0 Å². The second-order valence-corrected chi connectivity index (χ2v) is 8.20. The fourth-order valence-corrected chi connectivity index (χ4v) is 4.16. The number of rotatable bonds is 8. The minimum Gasteiger partial charge on any atom is -0.305 e. The number of nitrogens with one attached hydrogen (secondary N) is 1. The molecule has 2 nitrogen and oxygen atoms in total. The molecule has 0 radical (unpaired) electrons. The zero-order valence-corrected chi connectivity index (χ0v) is 15.2. The summed E-state index contributed by atoms with van der Waals surface area (Å²) in [5.41, 5.74) is 0. The van der Waals surface area contributed by atoms with Crippen LogP contribution in [0.2, 0.25) is 4.34 Å². The molecule has 5 heteroatoms. The van der Waals surface area contributed by atoms with Gasteiger partial charge in [0.05, 0.1) is 10.4 Å². The Hall–Kier alpha value is -0.390. The summed E-state index contributed by atoms with van der Waals surface area (Å²) in [4.78, 5) is 5.02. The largest absolute Gasteiger partial charge is 0.305 e. The zero-order chi connectivity index (χ0) is 15.2. The lowest BCUT2D eigenvalue weighted by Gasteiger charge is -2.22. The molecule has 1 N–H and O–H groups in total. The van der Waals surface area contributed by atoms with Crippen LogP contribution in [-0.2, 0) is 0 Å². The van der Waals surface area contributed by atoms with Gasteiger partial charge in [0.1, 0.15) is 0 Å². The summed E-state index contributed by atoms with van der Waals surface area (Å²) in [6, 6.07) is 9.29. The molecule has 0 saturated heterocycles. The Morgan fingerprint density at radius 1 is 1.24 bits per heavy atom. The number of halogens is 1. The molecular weight excluding hydrogens is 320 g/mol. The van der Waals surface area contributed by atoms with Crippen LogP contribution in [0.3, 0.4) is 0 Å². The van der Waals surface area contributed by atoms with Gasteiger partial charge in [0.15, 0.2) is 0 Å². The normalized spacial score (nSPS) is 13.2. The third-order valence-electron chi connectivity index (χ3n) is 3.62. The van der Waals surface area contributed by atoms with Crippen molar-refractivity contribution >= 4 is 34.3 Å². The molecule has 0 spiro atoms. The van der Waals surface area contributed by atoms with Crippen LogP contribution in [0.5, 0.6) is 0 Å². The van der Waals surface area contributed by atoms with Crippen LogP contribution in [0.1, 0.15) is 36.1 Å². The molecule has 1 atom stereocenters. The number of hydrogen-bond donors (Lipinski definition) is 1. The fraction of sp³-hybridized carbons (Fsp3) is 0.500. The van der Waals surface area contributed by atoms with Gasteiger partial charge in [-0.2, -0.15) is 0 Å². The predicted molar refractivity (Wildman–Crippen MR) is 95.9 cm³/mol. The van der Waals surface area contributed by atoms with Crippen molar-refractivity contribution in [3.8, 4) is 0 Å². The Bertz CT molecular complexity index is 522. The maximum atomic E-state index is 6.09. The van der Waals surface area contributed by atoms with Gasteiger partial charge >= 0.3 is 0 Å². The molecule has 0 fully saturated rings. The molecule has 2 aromatic rings. The van der Waals surface area contributed by atoms with Gasteiger partial charge < -0.3 is 10.2 Å². The van der Waals surface area contributed by atoms with Crippen molar-refractivity contribution in [3.05, 3.63) is 43.7 Å². The molecule has 2 rings (SSSR count). The van der Waals surface area contributed by atoms with Gasteiger partial charge in [-0.25, -0.2) is 0 Å². The molecule has 2 heterocycles. The lowest BCUT2D eigenvalue weighted by Crippen LogP contribution is -2.30. The van der Waals surface area contributed by atoms with Crippen LogP contribution < -0.4 is 5.32 Å². The van der Waals surface area contributed by atoms with E-state index >= 15 is 0 Å². The van der Waals surface area contributed by atoms with Gasteiger partial charge in [-0.05, 0) is 64.0 Å². The maximum absolute atomic E-state index is 6.09. The summed E-state index contributed by atoms with van der Waals surface area (Å²) in [5.74, 6) is 0. The van der Waals surface area contributed by atoms with Crippen LogP contribution in [0.15, 0.2) is 29.6 Å². The highest BCUT2D eigenvalue weighted by Crippen LogP contribution is 2.32. The van der Waals surface area contributed by atoms with E-state index in [-0.39, 0.29) is 6.04 Å². The predicted octanol–water partition coefficient (Wildman–Crippen LogP) is 4.87. The average molecular weight is 343 g/mol. The van der Waals surface area contributed by atoms with Gasteiger partial charge in [0, 0.05) is 15.8 Å². The Morgan fingerprint density at radius 3 is 2.62 bits per heavy atom. The van der Waals surface area contributed by atoms with Crippen LogP contribution in [0.4, 0.5) is 0 Å². The Morgan fingerprint density at radius 2 is 2.05 bits per heavy atom. The molecule has 0 aliphatic rings. The summed E-state index contributed by atoms with van der Waals surface area (Å²) in [5, 5.41) is 5.81. The molecule has 0 aromatic carbocycles. The highest BCUT2D eigenvalue weighted by Gasteiger charge is 2.16. The zero-order valence-electron chi connectivity index (χ0n) is 12.8. The molecule has 21 heavy (non-hydrogen) atoms. The standard InChI is InChI=1S/C16H23ClN2S2/c1-12(2)19(3)10-5-9-18-16(13-6-4-11-20-13)14-7-8-15(17)21-14/h4,6-8,11-12,16,18H,5,9-10H2,1-3H3. The number of hydrogen-bond acceptors (Lipinski definition) is 4. The average Bonchev–Trinajstić information content (AvgIpc) is 3.10. The first-order chi connectivity index (χ1) is 10.1. The van der Waals surface area contributed by atoms with E-state index in [4.69, 9.17) is 11.6 Å². The second-order valence-electron chi connectivity index (χ2n) is 5.47. The molecule has 0 saturated carbocycles. The van der Waals surface area contributed by atoms with Crippen molar-refractivity contribution in [3.63, 3.8) is 0 Å². The van der Waals surface area contributed by atoms with Crippen molar-refractivity contribution in [2.75, 3.05) is 20.1 Å². The second kappa shape index (κ2) is 8.30. The monoisotopic (exact) mass is 342 g/mol. The molecule has 2 aromatic heterocycles. The lowest BCUT2D eigenvalue weighted by molar-refractivity contribution is 0.268. The third-order valence-corrected chi connectivity index (χ3v) is 5.86. The minimum absolute atomic E-state index is 0.270. The van der Waals surface area contributed by atoms with E-state index in [9.17, 15) is 0 Å². The Labute approximate surface area is 140 Å². The third kappa shape index (κ3) is 5.08. The summed E-state index contributed by atoms with van der Waals surface area (Å²) < 4.78 is 0.855. The lowest BCUT2D eigenvalue weighted by atomic mass is 10.2. The first-order valence-electron chi connectivity index (χ1n) is 7.30. The highest BCUT2D eigenvalue weighted by molar-refractivity contribution is 7.16. The quantitative estimate of drug-likeness (QED) is 0.688. The molecule has 0 aliphatic carbocycles. The van der Waals surface area contributed by atoms with E-state index in [2.05, 4.69) is 54.7 Å². The Kier molecular flexibility index (Phi) is 6.71. The summed E-state index contributed by atoms with van der Waals surface area (Å²) in [6.45, 7) is 6.59. The van der Waals surface area contributed by atoms with E-state index in [0.717, 1.165) is 23.8 Å². The van der Waals surface area contributed by atoms with E-state index in [1.54, 1.807) is 22.7 Å². The van der Waals surface area contributed by atoms with Crippen LogP contribution in [-0.4, -0.2) is 31.1 Å². The van der Waals surface area contributed by atoms with E-state index in [0.29, 0.717) is 6.04 Å². The first kappa shape index (κ1) is 17.0. The topological polar surface area (TPSA) is 15.3 Å². The summed E-state index contributed by atoms with van der Waals surface area (Å²) in [7, 11) is 2.18. The maximum Gasteiger partial charge on any atom is 0.0931 e. The fourth-order valence-electron chi connectivity index (χ4n) is 2.11. The molecule has 116 valence electrons. The molecule has 0 aliphatic heterocycles. The highest BCUT2D eigenvalue weighted by atomic mass is 35.5. The first-order valence-corrected chi connectivity index (χ1v) is 9.37. The van der Waals surface area contributed by atoms with Crippen molar-refractivity contribution in [1.82, 2.24) is 10.2 Å². The molecule has 0 amide bonds. The number of nitrogens with zero attached hydrogens (tertiary/aromatic N) is 1. The van der Waals surface area contributed by atoms with Gasteiger partial charge in [-0.15, -0.1) is 22.7 Å². The van der Waals surface area contributed by atoms with Crippen LogP contribution in [0, 0.1) is 0 Å². The van der Waals surface area contributed by atoms with Crippen LogP contribution in [0.25, 0.3) is 0 Å². The van der Waals surface area contributed by atoms with Gasteiger partial charge in [-0.3, -0.25) is 0 Å². The van der Waals surface area contributed by atoms with E-state index < -0.39 is 0 Å². The molecular formula is C16H23ClN2S2. The van der Waals surface area contributed by atoms with Crippen molar-refractivity contribution in [2.45, 2.75) is 32.4 Å². The van der Waals surface area contributed by atoms with E-state index in [1.807, 2.05) is 6.07 Å². The SMILES string of the molecule is CC(C)N(C)CCCNC(c1cccs1)c1ccc(Cl)s1. The number of thiophene rings is 2. The van der Waals surface area contributed by atoms with Gasteiger partial charge in [-0.1, -0.05) is 17.7 Å².